The third-order valence-electron chi connectivity index (χ3n) is 4.06. The number of nitrogens with one attached hydrogen (secondary N) is 1. The van der Waals surface area contributed by atoms with Gasteiger partial charge in [-0.05, 0) is 35.9 Å². The van der Waals surface area contributed by atoms with Crippen molar-refractivity contribution in [1.29, 1.82) is 0 Å². The van der Waals surface area contributed by atoms with Gasteiger partial charge in [0.1, 0.15) is 17.5 Å². The Morgan fingerprint density at radius 2 is 1.96 bits per heavy atom. The van der Waals surface area contributed by atoms with E-state index in [0.717, 1.165) is 4.68 Å². The van der Waals surface area contributed by atoms with Gasteiger partial charge in [-0.25, -0.2) is 18.7 Å². The Labute approximate surface area is 163 Å². The molecule has 140 valence electrons. The van der Waals surface area contributed by atoms with Crippen molar-refractivity contribution in [2.45, 2.75) is 6.42 Å². The number of hydrogen-bond donors (Lipinski definition) is 1. The van der Waals surface area contributed by atoms with Crippen molar-refractivity contribution in [2.24, 2.45) is 0 Å². The van der Waals surface area contributed by atoms with E-state index >= 15 is 0 Å². The average Bonchev–Trinajstić information content (AvgIpc) is 3.11. The molecule has 4 aromatic rings. The second-order valence-corrected chi connectivity index (χ2v) is 6.47. The zero-order valence-electron chi connectivity index (χ0n) is 14.3. The number of benzene rings is 2. The largest absolute Gasteiger partial charge is 0.283 e. The number of carbonyl (C=O) groups is 1. The molecule has 0 atom stereocenters. The molecule has 0 unspecified atom stereocenters. The normalized spacial score (nSPS) is 10.9. The van der Waals surface area contributed by atoms with Gasteiger partial charge in [0.2, 0.25) is 5.91 Å². The van der Waals surface area contributed by atoms with Crippen LogP contribution in [0, 0.1) is 5.82 Å². The van der Waals surface area contributed by atoms with Crippen LogP contribution in [0.15, 0.2) is 65.8 Å². The minimum atomic E-state index is -0.467. The van der Waals surface area contributed by atoms with Crippen molar-refractivity contribution in [3.8, 4) is 5.69 Å². The Hall–Kier alpha value is -3.52. The molecule has 7 nitrogen and oxygen atoms in total. The fourth-order valence-corrected chi connectivity index (χ4v) is 2.93. The lowest BCUT2D eigenvalue weighted by molar-refractivity contribution is -0.116. The van der Waals surface area contributed by atoms with Crippen LogP contribution in [-0.4, -0.2) is 25.3 Å². The topological polar surface area (TPSA) is 81.8 Å². The van der Waals surface area contributed by atoms with Gasteiger partial charge < -0.3 is 0 Å². The number of rotatable bonds is 4. The first-order valence-corrected chi connectivity index (χ1v) is 8.65. The third-order valence-corrected chi connectivity index (χ3v) is 4.30. The number of aromatic nitrogens is 4. The number of carbonyl (C=O) groups excluding carboxylic acids is 1. The van der Waals surface area contributed by atoms with Crippen molar-refractivity contribution in [3.05, 3.63) is 87.8 Å². The second-order valence-electron chi connectivity index (χ2n) is 6.03. The number of hydrogen-bond acceptors (Lipinski definition) is 4. The van der Waals surface area contributed by atoms with Crippen molar-refractivity contribution in [2.75, 3.05) is 5.43 Å². The van der Waals surface area contributed by atoms with Gasteiger partial charge in [0.05, 0.1) is 18.3 Å². The molecule has 4 rings (SSSR count). The zero-order valence-corrected chi connectivity index (χ0v) is 15.1. The van der Waals surface area contributed by atoms with E-state index in [1.807, 2.05) is 0 Å². The van der Waals surface area contributed by atoms with E-state index < -0.39 is 11.5 Å². The molecule has 0 aliphatic rings. The molecular formula is C19H13ClFN5O2. The maximum Gasteiger partial charge on any atom is 0.283 e. The minimum absolute atomic E-state index is 0.00741. The van der Waals surface area contributed by atoms with Gasteiger partial charge in [-0.2, -0.15) is 5.10 Å². The van der Waals surface area contributed by atoms with E-state index in [4.69, 9.17) is 11.6 Å². The van der Waals surface area contributed by atoms with Crippen LogP contribution in [0.4, 0.5) is 4.39 Å². The third kappa shape index (κ3) is 3.49. The second kappa shape index (κ2) is 7.24. The maximum absolute atomic E-state index is 12.9. The molecule has 1 N–H and O–H groups in total. The highest BCUT2D eigenvalue weighted by Crippen LogP contribution is 2.17. The lowest BCUT2D eigenvalue weighted by atomic mass is 10.1. The Morgan fingerprint density at radius 3 is 2.71 bits per heavy atom. The van der Waals surface area contributed by atoms with Crippen LogP contribution >= 0.6 is 11.6 Å². The molecule has 0 fully saturated rings. The first kappa shape index (κ1) is 17.9. The molecule has 0 bridgehead atoms. The smallest absolute Gasteiger partial charge is 0.273 e. The summed E-state index contributed by atoms with van der Waals surface area (Å²) in [6.07, 6.45) is 2.59. The molecule has 0 saturated heterocycles. The summed E-state index contributed by atoms with van der Waals surface area (Å²) in [5, 5.41) is 4.97. The van der Waals surface area contributed by atoms with Crippen LogP contribution in [0.1, 0.15) is 5.56 Å². The van der Waals surface area contributed by atoms with Gasteiger partial charge in [0.25, 0.3) is 5.56 Å². The molecule has 28 heavy (non-hydrogen) atoms. The maximum atomic E-state index is 12.9. The molecule has 9 heteroatoms. The highest BCUT2D eigenvalue weighted by molar-refractivity contribution is 6.30. The molecule has 0 spiro atoms. The van der Waals surface area contributed by atoms with E-state index in [-0.39, 0.29) is 17.6 Å². The lowest BCUT2D eigenvalue weighted by Crippen LogP contribution is -2.34. The van der Waals surface area contributed by atoms with Crippen molar-refractivity contribution >= 4 is 28.5 Å². The average molecular weight is 398 g/mol. The van der Waals surface area contributed by atoms with Gasteiger partial charge >= 0.3 is 0 Å². The van der Waals surface area contributed by atoms with E-state index in [1.165, 1.54) is 41.5 Å². The predicted molar refractivity (Wildman–Crippen MR) is 103 cm³/mol. The quantitative estimate of drug-likeness (QED) is 0.574. The van der Waals surface area contributed by atoms with Gasteiger partial charge in [-0.1, -0.05) is 29.8 Å². The summed E-state index contributed by atoms with van der Waals surface area (Å²) in [6, 6.07) is 12.5. The number of fused-ring (bicyclic) bond motifs is 1. The summed E-state index contributed by atoms with van der Waals surface area (Å²) in [6.45, 7) is 0. The van der Waals surface area contributed by atoms with E-state index in [9.17, 15) is 14.0 Å². The Bertz CT molecular complexity index is 1230. The van der Waals surface area contributed by atoms with Crippen LogP contribution in [0.3, 0.4) is 0 Å². The summed E-state index contributed by atoms with van der Waals surface area (Å²) in [5.74, 6) is -0.816. The summed E-state index contributed by atoms with van der Waals surface area (Å²) in [4.78, 5) is 29.1. The lowest BCUT2D eigenvalue weighted by Gasteiger charge is -2.08. The first-order chi connectivity index (χ1) is 13.5. The molecular weight excluding hydrogens is 385 g/mol. The van der Waals surface area contributed by atoms with Crippen LogP contribution in [0.5, 0.6) is 0 Å². The predicted octanol–water partition coefficient (Wildman–Crippen LogP) is 2.69. The van der Waals surface area contributed by atoms with E-state index in [2.05, 4.69) is 15.5 Å². The standard InChI is InChI=1S/C19H13ClFN5O2/c20-13-2-1-3-15(9-13)26-18-16(10-23-26)19(28)25(11-22-18)24-17(27)8-12-4-6-14(21)7-5-12/h1-7,9-11H,8H2,(H,24,27). The highest BCUT2D eigenvalue weighted by atomic mass is 35.5. The number of nitrogens with zero attached hydrogens (tertiary/aromatic N) is 4. The van der Waals surface area contributed by atoms with Crippen molar-refractivity contribution in [3.63, 3.8) is 0 Å². The molecule has 0 radical (unpaired) electrons. The van der Waals surface area contributed by atoms with Crippen molar-refractivity contribution < 1.29 is 9.18 Å². The van der Waals surface area contributed by atoms with Crippen LogP contribution in [-0.2, 0) is 11.2 Å². The van der Waals surface area contributed by atoms with E-state index in [0.29, 0.717) is 21.9 Å². The number of amides is 1. The molecule has 0 aliphatic heterocycles. The SMILES string of the molecule is O=C(Cc1ccc(F)cc1)Nn1cnc2c(cnn2-c2cccc(Cl)c2)c1=O. The van der Waals surface area contributed by atoms with Gasteiger partial charge in [-0.3, -0.25) is 15.0 Å². The molecule has 2 heterocycles. The van der Waals surface area contributed by atoms with Gasteiger partial charge in [0, 0.05) is 5.02 Å². The van der Waals surface area contributed by atoms with Crippen LogP contribution in [0.25, 0.3) is 16.7 Å². The monoisotopic (exact) mass is 397 g/mol. The minimum Gasteiger partial charge on any atom is -0.273 e. The fraction of sp³-hybridized carbons (Fsp3) is 0.0526. The summed E-state index contributed by atoms with van der Waals surface area (Å²) >= 11 is 6.01. The number of halogens is 2. The molecule has 2 aromatic heterocycles. The molecule has 1 amide bonds. The van der Waals surface area contributed by atoms with E-state index in [1.54, 1.807) is 24.3 Å². The first-order valence-electron chi connectivity index (χ1n) is 8.27. The highest BCUT2D eigenvalue weighted by Gasteiger charge is 2.13. The summed E-state index contributed by atoms with van der Waals surface area (Å²) in [5.41, 5.74) is 3.63. The van der Waals surface area contributed by atoms with Gasteiger partial charge in [-0.15, -0.1) is 0 Å². The molecule has 2 aromatic carbocycles. The molecule has 0 aliphatic carbocycles. The van der Waals surface area contributed by atoms with Crippen LogP contribution in [0.2, 0.25) is 5.02 Å². The van der Waals surface area contributed by atoms with Crippen LogP contribution < -0.4 is 11.0 Å². The summed E-state index contributed by atoms with van der Waals surface area (Å²) in [7, 11) is 0. The summed E-state index contributed by atoms with van der Waals surface area (Å²) < 4.78 is 15.4. The zero-order chi connectivity index (χ0) is 19.7. The van der Waals surface area contributed by atoms with Gasteiger partial charge in [0.15, 0.2) is 5.65 Å². The van der Waals surface area contributed by atoms with Crippen molar-refractivity contribution in [1.82, 2.24) is 19.4 Å². The Kier molecular flexibility index (Phi) is 4.62. The Balaban J connectivity index is 1.61. The fourth-order valence-electron chi connectivity index (χ4n) is 2.75. The Morgan fingerprint density at radius 1 is 1.18 bits per heavy atom. The molecule has 0 saturated carbocycles.